The summed E-state index contributed by atoms with van der Waals surface area (Å²) in [6.45, 7) is 7.68. The van der Waals surface area contributed by atoms with E-state index in [9.17, 15) is 0 Å². The number of aryl methyl sites for hydroxylation is 1. The Morgan fingerprint density at radius 3 is 2.56 bits per heavy atom. The molecule has 0 fully saturated rings. The maximum Gasteiger partial charge on any atom is 0.119 e. The maximum absolute atomic E-state index is 5.59. The molecule has 16 heavy (non-hydrogen) atoms. The van der Waals surface area contributed by atoms with Gasteiger partial charge in [-0.3, -0.25) is 0 Å². The first-order valence-corrected chi connectivity index (χ1v) is 5.70. The third kappa shape index (κ3) is 3.83. The van der Waals surface area contributed by atoms with Crippen molar-refractivity contribution >= 4 is 0 Å². The fraction of sp³-hybridized carbons (Fsp3) is 0.538. The van der Waals surface area contributed by atoms with Crippen LogP contribution in [0.4, 0.5) is 0 Å². The molecule has 0 aliphatic heterocycles. The van der Waals surface area contributed by atoms with Gasteiger partial charge in [-0.2, -0.15) is 0 Å². The van der Waals surface area contributed by atoms with Crippen molar-refractivity contribution in [3.05, 3.63) is 29.3 Å². The average molecular weight is 223 g/mol. The second-order valence-corrected chi connectivity index (χ2v) is 4.25. The molecule has 0 aliphatic carbocycles. The number of ether oxygens (including phenoxy) is 1. The SMILES string of the molecule is Cc1cc(OCCCON)ccc1C(C)C. The van der Waals surface area contributed by atoms with Crippen molar-refractivity contribution in [3.8, 4) is 5.75 Å². The van der Waals surface area contributed by atoms with Crippen LogP contribution in [-0.2, 0) is 4.84 Å². The Kier molecular flexibility index (Phi) is 5.29. The Balaban J connectivity index is 2.53. The Bertz CT molecular complexity index is 324. The summed E-state index contributed by atoms with van der Waals surface area (Å²) in [6.07, 6.45) is 0.807. The number of rotatable bonds is 6. The second-order valence-electron chi connectivity index (χ2n) is 4.25. The van der Waals surface area contributed by atoms with Crippen molar-refractivity contribution in [1.82, 2.24) is 0 Å². The van der Waals surface area contributed by atoms with E-state index in [1.54, 1.807) is 0 Å². The summed E-state index contributed by atoms with van der Waals surface area (Å²) in [4.78, 5) is 4.47. The molecule has 1 aromatic carbocycles. The van der Waals surface area contributed by atoms with E-state index in [2.05, 4.69) is 37.7 Å². The van der Waals surface area contributed by atoms with Gasteiger partial charge in [-0.15, -0.1) is 0 Å². The van der Waals surface area contributed by atoms with Crippen LogP contribution in [0.25, 0.3) is 0 Å². The van der Waals surface area contributed by atoms with Gasteiger partial charge in [0.1, 0.15) is 5.75 Å². The van der Waals surface area contributed by atoms with Crippen molar-refractivity contribution < 1.29 is 9.57 Å². The summed E-state index contributed by atoms with van der Waals surface area (Å²) >= 11 is 0. The van der Waals surface area contributed by atoms with Gasteiger partial charge in [-0.1, -0.05) is 19.9 Å². The molecule has 1 aromatic rings. The van der Waals surface area contributed by atoms with Crippen LogP contribution in [0.15, 0.2) is 18.2 Å². The lowest BCUT2D eigenvalue weighted by Crippen LogP contribution is -2.06. The summed E-state index contributed by atoms with van der Waals surface area (Å²) < 4.78 is 5.59. The van der Waals surface area contributed by atoms with Gasteiger partial charge in [0.25, 0.3) is 0 Å². The normalized spacial score (nSPS) is 10.8. The first-order valence-electron chi connectivity index (χ1n) is 5.70. The summed E-state index contributed by atoms with van der Waals surface area (Å²) in [7, 11) is 0. The molecule has 3 nitrogen and oxygen atoms in total. The lowest BCUT2D eigenvalue weighted by molar-refractivity contribution is 0.122. The highest BCUT2D eigenvalue weighted by molar-refractivity contribution is 5.36. The molecule has 0 heterocycles. The molecule has 0 radical (unpaired) electrons. The highest BCUT2D eigenvalue weighted by Gasteiger charge is 2.04. The minimum absolute atomic E-state index is 0.531. The Morgan fingerprint density at radius 1 is 1.25 bits per heavy atom. The highest BCUT2D eigenvalue weighted by atomic mass is 16.6. The van der Waals surface area contributed by atoms with Crippen LogP contribution in [0.5, 0.6) is 5.75 Å². The van der Waals surface area contributed by atoms with Crippen LogP contribution >= 0.6 is 0 Å². The Morgan fingerprint density at radius 2 is 2.00 bits per heavy atom. The third-order valence-corrected chi connectivity index (χ3v) is 2.54. The maximum atomic E-state index is 5.59. The molecule has 0 bridgehead atoms. The number of hydrogen-bond donors (Lipinski definition) is 1. The van der Waals surface area contributed by atoms with Crippen LogP contribution in [0.1, 0.15) is 37.3 Å². The Hall–Kier alpha value is -1.06. The fourth-order valence-corrected chi connectivity index (χ4v) is 1.72. The third-order valence-electron chi connectivity index (χ3n) is 2.54. The molecular weight excluding hydrogens is 202 g/mol. The number of benzene rings is 1. The zero-order valence-corrected chi connectivity index (χ0v) is 10.3. The van der Waals surface area contributed by atoms with E-state index in [0.717, 1.165) is 12.2 Å². The molecule has 1 rings (SSSR count). The first-order chi connectivity index (χ1) is 7.65. The van der Waals surface area contributed by atoms with Gasteiger partial charge in [0.05, 0.1) is 13.2 Å². The predicted octanol–water partition coefficient (Wildman–Crippen LogP) is 2.78. The molecule has 0 spiro atoms. The van der Waals surface area contributed by atoms with Gasteiger partial charge in [0.2, 0.25) is 0 Å². The topological polar surface area (TPSA) is 44.5 Å². The molecule has 2 N–H and O–H groups in total. The average Bonchev–Trinajstić information content (AvgIpc) is 2.24. The largest absolute Gasteiger partial charge is 0.493 e. The minimum Gasteiger partial charge on any atom is -0.493 e. The van der Waals surface area contributed by atoms with Crippen LogP contribution in [-0.4, -0.2) is 13.2 Å². The van der Waals surface area contributed by atoms with Crippen molar-refractivity contribution in [1.29, 1.82) is 0 Å². The monoisotopic (exact) mass is 223 g/mol. The van der Waals surface area contributed by atoms with Gasteiger partial charge >= 0.3 is 0 Å². The number of hydrogen-bond acceptors (Lipinski definition) is 3. The van der Waals surface area contributed by atoms with Gasteiger partial charge in [-0.25, -0.2) is 5.90 Å². The highest BCUT2D eigenvalue weighted by Crippen LogP contribution is 2.23. The molecule has 0 saturated heterocycles. The molecule has 90 valence electrons. The zero-order chi connectivity index (χ0) is 12.0. The van der Waals surface area contributed by atoms with Crippen LogP contribution in [0, 0.1) is 6.92 Å². The molecule has 0 unspecified atom stereocenters. The van der Waals surface area contributed by atoms with Gasteiger partial charge in [-0.05, 0) is 36.1 Å². The summed E-state index contributed by atoms with van der Waals surface area (Å²) in [5.74, 6) is 6.40. The van der Waals surface area contributed by atoms with Gasteiger partial charge in [0, 0.05) is 6.42 Å². The minimum atomic E-state index is 0.531. The lowest BCUT2D eigenvalue weighted by Gasteiger charge is -2.12. The summed E-state index contributed by atoms with van der Waals surface area (Å²) in [5.41, 5.74) is 2.65. The van der Waals surface area contributed by atoms with Crippen LogP contribution < -0.4 is 10.6 Å². The molecule has 0 atom stereocenters. The molecular formula is C13H21NO2. The van der Waals surface area contributed by atoms with Crippen molar-refractivity contribution in [2.24, 2.45) is 5.90 Å². The molecule has 0 aromatic heterocycles. The summed E-state index contributed by atoms with van der Waals surface area (Å²) in [5, 5.41) is 0. The lowest BCUT2D eigenvalue weighted by atomic mass is 9.98. The Labute approximate surface area is 97.5 Å². The zero-order valence-electron chi connectivity index (χ0n) is 10.3. The van der Waals surface area contributed by atoms with Crippen LogP contribution in [0.2, 0.25) is 0 Å². The predicted molar refractivity (Wildman–Crippen MR) is 65.5 cm³/mol. The van der Waals surface area contributed by atoms with Crippen molar-refractivity contribution in [2.75, 3.05) is 13.2 Å². The number of nitrogens with two attached hydrogens (primary N) is 1. The molecule has 0 saturated carbocycles. The van der Waals surface area contributed by atoms with Gasteiger partial charge < -0.3 is 9.57 Å². The van der Waals surface area contributed by atoms with E-state index in [4.69, 9.17) is 10.6 Å². The second kappa shape index (κ2) is 6.51. The first kappa shape index (κ1) is 13.0. The smallest absolute Gasteiger partial charge is 0.119 e. The van der Waals surface area contributed by atoms with Gasteiger partial charge in [0.15, 0.2) is 0 Å². The van der Waals surface area contributed by atoms with E-state index in [-0.39, 0.29) is 0 Å². The van der Waals surface area contributed by atoms with E-state index in [1.165, 1.54) is 11.1 Å². The molecule has 0 aliphatic rings. The summed E-state index contributed by atoms with van der Waals surface area (Å²) in [6, 6.07) is 6.24. The standard InChI is InChI=1S/C13H21NO2/c1-10(2)13-6-5-12(9-11(13)3)15-7-4-8-16-14/h5-6,9-10H,4,7-8,14H2,1-3H3. The van der Waals surface area contributed by atoms with E-state index >= 15 is 0 Å². The molecule has 0 amide bonds. The molecule has 3 heteroatoms. The van der Waals surface area contributed by atoms with Crippen molar-refractivity contribution in [2.45, 2.75) is 33.1 Å². The quantitative estimate of drug-likeness (QED) is 0.595. The van der Waals surface area contributed by atoms with Crippen molar-refractivity contribution in [3.63, 3.8) is 0 Å². The van der Waals surface area contributed by atoms with E-state index < -0.39 is 0 Å². The van der Waals surface area contributed by atoms with E-state index in [0.29, 0.717) is 19.1 Å². The van der Waals surface area contributed by atoms with E-state index in [1.807, 2.05) is 6.07 Å². The fourth-order valence-electron chi connectivity index (χ4n) is 1.72. The van der Waals surface area contributed by atoms with Crippen LogP contribution in [0.3, 0.4) is 0 Å².